The summed E-state index contributed by atoms with van der Waals surface area (Å²) in [4.78, 5) is 2.47. The molecule has 2 nitrogen and oxygen atoms in total. The summed E-state index contributed by atoms with van der Waals surface area (Å²) in [6, 6.07) is 75.2. The minimum Gasteiger partial charge on any atom is -0.310 e. The molecule has 2 heterocycles. The highest BCUT2D eigenvalue weighted by atomic mass is 32.1. The van der Waals surface area contributed by atoms with Crippen LogP contribution in [0.3, 0.4) is 0 Å². The van der Waals surface area contributed by atoms with Crippen molar-refractivity contribution < 1.29 is 0 Å². The van der Waals surface area contributed by atoms with Crippen molar-refractivity contribution in [3.63, 3.8) is 0 Å². The Bertz CT molecular complexity index is 3180. The predicted molar refractivity (Wildman–Crippen MR) is 237 cm³/mol. The molecular formula is C52H34N2S. The Morgan fingerprint density at radius 2 is 0.982 bits per heavy atom. The molecule has 2 aromatic heterocycles. The van der Waals surface area contributed by atoms with Crippen LogP contribution < -0.4 is 4.90 Å². The smallest absolute Gasteiger partial charge is 0.0640 e. The van der Waals surface area contributed by atoms with Gasteiger partial charge in [-0.25, -0.2) is 0 Å². The minimum absolute atomic E-state index is 1.12. The Morgan fingerprint density at radius 3 is 1.76 bits per heavy atom. The largest absolute Gasteiger partial charge is 0.310 e. The lowest BCUT2D eigenvalue weighted by Gasteiger charge is -2.27. The third-order valence-corrected chi connectivity index (χ3v) is 12.1. The molecule has 0 atom stereocenters. The first-order valence-corrected chi connectivity index (χ1v) is 19.6. The van der Waals surface area contributed by atoms with E-state index in [9.17, 15) is 0 Å². The first-order valence-electron chi connectivity index (χ1n) is 18.8. The van der Waals surface area contributed by atoms with Gasteiger partial charge in [-0.05, 0) is 88.3 Å². The van der Waals surface area contributed by atoms with Gasteiger partial charge in [0.25, 0.3) is 0 Å². The van der Waals surface area contributed by atoms with E-state index in [0.29, 0.717) is 0 Å². The summed E-state index contributed by atoms with van der Waals surface area (Å²) in [5.74, 6) is 0. The number of fused-ring (bicyclic) bond motifs is 8. The van der Waals surface area contributed by atoms with Crippen molar-refractivity contribution in [1.29, 1.82) is 0 Å². The Morgan fingerprint density at radius 1 is 0.382 bits per heavy atom. The van der Waals surface area contributed by atoms with Gasteiger partial charge in [0, 0.05) is 53.4 Å². The zero-order valence-electron chi connectivity index (χ0n) is 29.9. The van der Waals surface area contributed by atoms with Crippen molar-refractivity contribution in [3.05, 3.63) is 206 Å². The van der Waals surface area contributed by atoms with Crippen LogP contribution >= 0.6 is 11.3 Å². The number of rotatable bonds is 6. The zero-order valence-corrected chi connectivity index (χ0v) is 30.7. The summed E-state index contributed by atoms with van der Waals surface area (Å²) in [5, 5.41) is 7.47. The van der Waals surface area contributed by atoms with Gasteiger partial charge >= 0.3 is 0 Å². The van der Waals surface area contributed by atoms with E-state index in [-0.39, 0.29) is 0 Å². The molecule has 0 aliphatic carbocycles. The monoisotopic (exact) mass is 718 g/mol. The third-order valence-electron chi connectivity index (χ3n) is 10.9. The number of anilines is 3. The first-order chi connectivity index (χ1) is 27.3. The molecule has 0 unspecified atom stereocenters. The number of para-hydroxylation sites is 2. The van der Waals surface area contributed by atoms with Crippen molar-refractivity contribution in [1.82, 2.24) is 4.57 Å². The van der Waals surface area contributed by atoms with Crippen LogP contribution in [0.4, 0.5) is 17.1 Å². The van der Waals surface area contributed by atoms with E-state index in [1.807, 2.05) is 11.3 Å². The fourth-order valence-electron chi connectivity index (χ4n) is 8.41. The summed E-state index contributed by atoms with van der Waals surface area (Å²) in [5.41, 5.74) is 11.8. The molecule has 3 heteroatoms. The fraction of sp³-hybridized carbons (Fsp3) is 0. The molecule has 11 aromatic rings. The maximum Gasteiger partial charge on any atom is 0.0640 e. The highest BCUT2D eigenvalue weighted by Crippen LogP contribution is 2.48. The second-order valence-electron chi connectivity index (χ2n) is 14.1. The van der Waals surface area contributed by atoms with Gasteiger partial charge in [-0.3, -0.25) is 0 Å². The van der Waals surface area contributed by atoms with E-state index in [1.165, 1.54) is 75.0 Å². The lowest BCUT2D eigenvalue weighted by molar-refractivity contribution is 1.19. The fourth-order valence-corrected chi connectivity index (χ4v) is 9.55. The van der Waals surface area contributed by atoms with Gasteiger partial charge in [-0.2, -0.15) is 0 Å². The molecule has 0 bridgehead atoms. The molecule has 0 N–H and O–H groups in total. The van der Waals surface area contributed by atoms with Crippen molar-refractivity contribution >= 4 is 81.1 Å². The van der Waals surface area contributed by atoms with E-state index in [4.69, 9.17) is 0 Å². The predicted octanol–water partition coefficient (Wildman–Crippen LogP) is 15.1. The lowest BCUT2D eigenvalue weighted by atomic mass is 9.97. The highest BCUT2D eigenvalue weighted by molar-refractivity contribution is 7.25. The Balaban J connectivity index is 1.22. The summed E-state index contributed by atoms with van der Waals surface area (Å²) < 4.78 is 5.06. The number of benzene rings is 9. The van der Waals surface area contributed by atoms with Crippen LogP contribution in [-0.4, -0.2) is 4.57 Å². The quantitative estimate of drug-likeness (QED) is 0.166. The number of aromatic nitrogens is 1. The maximum absolute atomic E-state index is 2.47. The number of nitrogens with zero attached hydrogens (tertiary/aromatic N) is 2. The van der Waals surface area contributed by atoms with Crippen LogP contribution in [0, 0.1) is 0 Å². The average Bonchev–Trinajstić information content (AvgIpc) is 3.81. The Hall–Kier alpha value is -6.94. The molecule has 258 valence electrons. The van der Waals surface area contributed by atoms with Crippen LogP contribution in [0.1, 0.15) is 0 Å². The molecule has 0 amide bonds. The standard InChI is InChI=1S/C52H34N2S/c1-4-14-35(15-5-1)36-24-26-37(27-25-36)38-28-31-47-46(32-38)51-48(33-39-16-10-11-21-43(39)52(51)54(47)41-19-8-3-9-20-41)53(40-17-6-2-7-18-40)42-29-30-45-44-22-12-13-23-49(44)55-50(45)34-42/h1-34H. The highest BCUT2D eigenvalue weighted by Gasteiger charge is 2.24. The molecule has 11 rings (SSSR count). The van der Waals surface area contributed by atoms with E-state index < -0.39 is 0 Å². The van der Waals surface area contributed by atoms with Crippen molar-refractivity contribution in [2.75, 3.05) is 4.90 Å². The van der Waals surface area contributed by atoms with Crippen LogP contribution in [0.15, 0.2) is 206 Å². The lowest BCUT2D eigenvalue weighted by Crippen LogP contribution is -2.10. The zero-order chi connectivity index (χ0) is 36.3. The van der Waals surface area contributed by atoms with Crippen LogP contribution in [0.2, 0.25) is 0 Å². The van der Waals surface area contributed by atoms with Crippen molar-refractivity contribution in [2.24, 2.45) is 0 Å². The van der Waals surface area contributed by atoms with Crippen LogP contribution in [0.25, 0.3) is 80.7 Å². The average molecular weight is 719 g/mol. The second kappa shape index (κ2) is 12.9. The third kappa shape index (κ3) is 5.24. The SMILES string of the molecule is c1ccc(-c2ccc(-c3ccc4c(c3)c3c(N(c5ccccc5)c5ccc6c(c5)sc5ccccc56)cc5ccccc5c3n4-c3ccccc3)cc2)cc1. The number of thiophene rings is 1. The number of hydrogen-bond donors (Lipinski definition) is 0. The summed E-state index contributed by atoms with van der Waals surface area (Å²) in [6.45, 7) is 0. The molecule has 0 saturated heterocycles. The van der Waals surface area contributed by atoms with Gasteiger partial charge < -0.3 is 9.47 Å². The second-order valence-corrected chi connectivity index (χ2v) is 15.2. The van der Waals surface area contributed by atoms with Gasteiger partial charge in [0.15, 0.2) is 0 Å². The summed E-state index contributed by atoms with van der Waals surface area (Å²) in [6.07, 6.45) is 0. The molecule has 55 heavy (non-hydrogen) atoms. The summed E-state index contributed by atoms with van der Waals surface area (Å²) >= 11 is 1.86. The van der Waals surface area contributed by atoms with Gasteiger partial charge in [0.2, 0.25) is 0 Å². The van der Waals surface area contributed by atoms with Gasteiger partial charge in [-0.1, -0.05) is 146 Å². The van der Waals surface area contributed by atoms with E-state index in [1.54, 1.807) is 0 Å². The molecule has 0 radical (unpaired) electrons. The molecule has 9 aromatic carbocycles. The van der Waals surface area contributed by atoms with E-state index >= 15 is 0 Å². The molecular weight excluding hydrogens is 685 g/mol. The number of hydrogen-bond acceptors (Lipinski definition) is 2. The molecule has 0 aliphatic rings. The van der Waals surface area contributed by atoms with E-state index in [0.717, 1.165) is 22.7 Å². The summed E-state index contributed by atoms with van der Waals surface area (Å²) in [7, 11) is 0. The van der Waals surface area contributed by atoms with Gasteiger partial charge in [0.05, 0.1) is 16.7 Å². The minimum atomic E-state index is 1.12. The van der Waals surface area contributed by atoms with Crippen molar-refractivity contribution in [2.45, 2.75) is 0 Å². The first kappa shape index (κ1) is 31.6. The van der Waals surface area contributed by atoms with Gasteiger partial charge in [-0.15, -0.1) is 11.3 Å². The van der Waals surface area contributed by atoms with Gasteiger partial charge in [0.1, 0.15) is 0 Å². The normalized spacial score (nSPS) is 11.6. The molecule has 0 aliphatic heterocycles. The molecule has 0 saturated carbocycles. The molecule has 0 spiro atoms. The topological polar surface area (TPSA) is 8.17 Å². The van der Waals surface area contributed by atoms with Crippen molar-refractivity contribution in [3.8, 4) is 27.9 Å². The van der Waals surface area contributed by atoms with Crippen LogP contribution in [0.5, 0.6) is 0 Å². The maximum atomic E-state index is 2.47. The molecule has 0 fully saturated rings. The Labute approximate surface area is 323 Å². The Kier molecular flexibility index (Phi) is 7.39. The van der Waals surface area contributed by atoms with Crippen LogP contribution in [-0.2, 0) is 0 Å². The van der Waals surface area contributed by atoms with E-state index in [2.05, 4.69) is 216 Å².